The topological polar surface area (TPSA) is 77.0 Å². The lowest BCUT2D eigenvalue weighted by molar-refractivity contribution is -0.119. The highest BCUT2D eigenvalue weighted by molar-refractivity contribution is 8.00. The van der Waals surface area contributed by atoms with Gasteiger partial charge in [-0.1, -0.05) is 18.2 Å². The molecule has 7 heteroatoms. The molecule has 26 heavy (non-hydrogen) atoms. The summed E-state index contributed by atoms with van der Waals surface area (Å²) in [5, 5.41) is 12.7. The molecule has 0 aromatic heterocycles. The molecular weight excluding hydrogens is 354 g/mol. The number of nitrogens with one attached hydrogen (secondary N) is 1. The van der Waals surface area contributed by atoms with Crippen molar-refractivity contribution in [2.75, 3.05) is 25.7 Å². The zero-order valence-corrected chi connectivity index (χ0v) is 15.3. The van der Waals surface area contributed by atoms with Crippen LogP contribution in [0.15, 0.2) is 47.4 Å². The number of carbonyl (C=O) groups is 1. The van der Waals surface area contributed by atoms with E-state index in [-0.39, 0.29) is 25.9 Å². The quantitative estimate of drug-likeness (QED) is 0.690. The van der Waals surface area contributed by atoms with Gasteiger partial charge >= 0.3 is 0 Å². The molecule has 3 rings (SSSR count). The van der Waals surface area contributed by atoms with Crippen molar-refractivity contribution in [3.63, 3.8) is 0 Å². The Bertz CT molecular complexity index is 767. The SMILES string of the molecule is Cc1ccccc1SCC(=O)NCC(O)COc1ccc2c(c1)OCO2. The third kappa shape index (κ3) is 5.06. The number of benzene rings is 2. The number of aryl methyl sites for hydroxylation is 1. The average Bonchev–Trinajstić information content (AvgIpc) is 3.12. The molecule has 6 nitrogen and oxygen atoms in total. The van der Waals surface area contributed by atoms with Crippen molar-refractivity contribution < 1.29 is 24.1 Å². The van der Waals surface area contributed by atoms with Crippen molar-refractivity contribution in [3.8, 4) is 17.2 Å². The highest BCUT2D eigenvalue weighted by Crippen LogP contribution is 2.35. The molecule has 1 aliphatic heterocycles. The molecule has 1 unspecified atom stereocenters. The van der Waals surface area contributed by atoms with Crippen molar-refractivity contribution in [3.05, 3.63) is 48.0 Å². The van der Waals surface area contributed by atoms with Gasteiger partial charge in [0.05, 0.1) is 5.75 Å². The second-order valence-electron chi connectivity index (χ2n) is 5.84. The van der Waals surface area contributed by atoms with Gasteiger partial charge in [-0.25, -0.2) is 0 Å². The number of thioether (sulfide) groups is 1. The van der Waals surface area contributed by atoms with E-state index in [1.54, 1.807) is 18.2 Å². The van der Waals surface area contributed by atoms with Crippen LogP contribution in [-0.4, -0.2) is 42.8 Å². The lowest BCUT2D eigenvalue weighted by Crippen LogP contribution is -2.36. The molecule has 2 aromatic rings. The van der Waals surface area contributed by atoms with Crippen LogP contribution in [0.4, 0.5) is 0 Å². The van der Waals surface area contributed by atoms with Crippen molar-refractivity contribution in [2.45, 2.75) is 17.9 Å². The summed E-state index contributed by atoms with van der Waals surface area (Å²) >= 11 is 1.48. The van der Waals surface area contributed by atoms with Crippen LogP contribution in [0.25, 0.3) is 0 Å². The number of amides is 1. The monoisotopic (exact) mass is 375 g/mol. The lowest BCUT2D eigenvalue weighted by Gasteiger charge is -2.13. The van der Waals surface area contributed by atoms with Gasteiger partial charge in [-0.15, -0.1) is 11.8 Å². The van der Waals surface area contributed by atoms with Crippen LogP contribution in [0, 0.1) is 6.92 Å². The van der Waals surface area contributed by atoms with Gasteiger partial charge in [-0.05, 0) is 30.7 Å². The van der Waals surface area contributed by atoms with Gasteiger partial charge in [0.15, 0.2) is 11.5 Å². The van der Waals surface area contributed by atoms with E-state index in [1.165, 1.54) is 11.8 Å². The number of rotatable bonds is 8. The molecular formula is C19H21NO5S. The smallest absolute Gasteiger partial charge is 0.231 e. The number of hydrogen-bond donors (Lipinski definition) is 2. The molecule has 0 fully saturated rings. The molecule has 0 saturated carbocycles. The minimum atomic E-state index is -0.798. The lowest BCUT2D eigenvalue weighted by atomic mass is 10.2. The standard InChI is InChI=1S/C19H21NO5S/c1-13-4-2-3-5-18(13)26-11-19(22)20-9-14(21)10-23-15-6-7-16-17(8-15)25-12-24-16/h2-8,14,21H,9-12H2,1H3,(H,20,22). The van der Waals surface area contributed by atoms with E-state index in [1.807, 2.05) is 31.2 Å². The van der Waals surface area contributed by atoms with Crippen LogP contribution >= 0.6 is 11.8 Å². The van der Waals surface area contributed by atoms with Crippen molar-refractivity contribution in [2.24, 2.45) is 0 Å². The predicted octanol–water partition coefficient (Wildman–Crippen LogP) is 2.37. The molecule has 0 bridgehead atoms. The van der Waals surface area contributed by atoms with Gasteiger partial charge in [0.1, 0.15) is 18.5 Å². The number of aliphatic hydroxyl groups is 1. The van der Waals surface area contributed by atoms with Crippen molar-refractivity contribution in [1.29, 1.82) is 0 Å². The Kier molecular flexibility index (Phi) is 6.25. The first-order valence-corrected chi connectivity index (χ1v) is 9.26. The largest absolute Gasteiger partial charge is 0.491 e. The van der Waals surface area contributed by atoms with Crippen LogP contribution < -0.4 is 19.5 Å². The van der Waals surface area contributed by atoms with Gasteiger partial charge in [-0.3, -0.25) is 4.79 Å². The minimum Gasteiger partial charge on any atom is -0.491 e. The Morgan fingerprint density at radius 3 is 2.92 bits per heavy atom. The Hall–Kier alpha value is -2.38. The summed E-state index contributed by atoms with van der Waals surface area (Å²) < 4.78 is 16.0. The maximum Gasteiger partial charge on any atom is 0.231 e. The van der Waals surface area contributed by atoms with Crippen LogP contribution in [-0.2, 0) is 4.79 Å². The number of ether oxygens (including phenoxy) is 3. The first-order chi connectivity index (χ1) is 12.6. The highest BCUT2D eigenvalue weighted by atomic mass is 32.2. The molecule has 2 N–H and O–H groups in total. The normalized spacial score (nSPS) is 13.3. The molecule has 1 atom stereocenters. The third-order valence-electron chi connectivity index (χ3n) is 3.77. The molecule has 0 spiro atoms. The van der Waals surface area contributed by atoms with Crippen LogP contribution in [0.3, 0.4) is 0 Å². The second kappa shape index (κ2) is 8.82. The molecule has 0 saturated heterocycles. The molecule has 0 aliphatic carbocycles. The Morgan fingerprint density at radius 1 is 1.27 bits per heavy atom. The van der Waals surface area contributed by atoms with E-state index < -0.39 is 6.10 Å². The first kappa shape index (κ1) is 18.4. The van der Waals surface area contributed by atoms with Gasteiger partial charge in [0.25, 0.3) is 0 Å². The van der Waals surface area contributed by atoms with Gasteiger partial charge in [-0.2, -0.15) is 0 Å². The number of aliphatic hydroxyl groups excluding tert-OH is 1. The number of carbonyl (C=O) groups excluding carboxylic acids is 1. The van der Waals surface area contributed by atoms with Crippen LogP contribution in [0.2, 0.25) is 0 Å². The fraction of sp³-hybridized carbons (Fsp3) is 0.316. The summed E-state index contributed by atoms with van der Waals surface area (Å²) in [4.78, 5) is 13.0. The predicted molar refractivity (Wildman–Crippen MR) is 99.0 cm³/mol. The summed E-state index contributed by atoms with van der Waals surface area (Å²) in [6.07, 6.45) is -0.798. The van der Waals surface area contributed by atoms with E-state index in [0.29, 0.717) is 23.0 Å². The summed E-state index contributed by atoms with van der Waals surface area (Å²) in [5.74, 6) is 2.06. The molecule has 1 heterocycles. The summed E-state index contributed by atoms with van der Waals surface area (Å²) in [7, 11) is 0. The fourth-order valence-electron chi connectivity index (χ4n) is 2.36. The summed E-state index contributed by atoms with van der Waals surface area (Å²) in [5.41, 5.74) is 1.14. The Balaban J connectivity index is 1.36. The van der Waals surface area contributed by atoms with Crippen LogP contribution in [0.5, 0.6) is 17.2 Å². The van der Waals surface area contributed by atoms with Crippen molar-refractivity contribution >= 4 is 17.7 Å². The highest BCUT2D eigenvalue weighted by Gasteiger charge is 2.15. The maximum absolute atomic E-state index is 11.9. The number of hydrogen-bond acceptors (Lipinski definition) is 6. The first-order valence-electron chi connectivity index (χ1n) is 8.27. The molecule has 1 aliphatic rings. The number of fused-ring (bicyclic) bond motifs is 1. The van der Waals surface area contributed by atoms with Crippen molar-refractivity contribution in [1.82, 2.24) is 5.32 Å². The minimum absolute atomic E-state index is 0.0743. The fourth-order valence-corrected chi connectivity index (χ4v) is 3.22. The van der Waals surface area contributed by atoms with E-state index in [9.17, 15) is 9.90 Å². The van der Waals surface area contributed by atoms with E-state index >= 15 is 0 Å². The van der Waals surface area contributed by atoms with E-state index in [2.05, 4.69) is 5.32 Å². The van der Waals surface area contributed by atoms with E-state index in [4.69, 9.17) is 14.2 Å². The maximum atomic E-state index is 11.9. The second-order valence-corrected chi connectivity index (χ2v) is 6.86. The third-order valence-corrected chi connectivity index (χ3v) is 4.95. The van der Waals surface area contributed by atoms with Gasteiger partial charge in [0.2, 0.25) is 12.7 Å². The van der Waals surface area contributed by atoms with Gasteiger partial charge < -0.3 is 24.6 Å². The molecule has 0 radical (unpaired) electrons. The molecule has 1 amide bonds. The van der Waals surface area contributed by atoms with Crippen LogP contribution in [0.1, 0.15) is 5.56 Å². The van der Waals surface area contributed by atoms with Gasteiger partial charge in [0, 0.05) is 17.5 Å². The van der Waals surface area contributed by atoms with E-state index in [0.717, 1.165) is 10.5 Å². The Morgan fingerprint density at radius 2 is 2.08 bits per heavy atom. The average molecular weight is 375 g/mol. The summed E-state index contributed by atoms with van der Waals surface area (Å²) in [6.45, 7) is 2.42. The Labute approximate surface area is 156 Å². The zero-order valence-electron chi connectivity index (χ0n) is 14.4. The molecule has 138 valence electrons. The zero-order chi connectivity index (χ0) is 18.4. The molecule has 2 aromatic carbocycles. The summed E-state index contributed by atoms with van der Waals surface area (Å²) in [6, 6.07) is 13.1.